The number of aromatic carboxylic acids is 1. The molecule has 0 atom stereocenters. The van der Waals surface area contributed by atoms with Crippen LogP contribution in [0.25, 0.3) is 0 Å². The molecule has 0 aliphatic carbocycles. The maximum absolute atomic E-state index is 11.1. The van der Waals surface area contributed by atoms with Gasteiger partial charge in [-0.3, -0.25) is 4.98 Å². The van der Waals surface area contributed by atoms with Gasteiger partial charge >= 0.3 is 5.97 Å². The maximum Gasteiger partial charge on any atom is 0.358 e. The fraction of sp³-hybridized carbons (Fsp3) is 0.333. The van der Waals surface area contributed by atoms with Gasteiger partial charge in [-0.15, -0.1) is 5.10 Å². The van der Waals surface area contributed by atoms with E-state index >= 15 is 0 Å². The average Bonchev–Trinajstić information content (AvgIpc) is 2.76. The van der Waals surface area contributed by atoms with Crippen LogP contribution >= 0.6 is 15.9 Å². The summed E-state index contributed by atoms with van der Waals surface area (Å²) >= 11 is 3.32. The number of halogens is 1. The van der Waals surface area contributed by atoms with E-state index in [4.69, 9.17) is 5.11 Å². The second kappa shape index (κ2) is 5.92. The van der Waals surface area contributed by atoms with E-state index in [1.165, 1.54) is 0 Å². The number of carboxylic acids is 1. The van der Waals surface area contributed by atoms with Crippen molar-refractivity contribution < 1.29 is 9.90 Å². The van der Waals surface area contributed by atoms with Crippen LogP contribution < -0.4 is 0 Å². The Morgan fingerprint density at radius 3 is 2.84 bits per heavy atom. The van der Waals surface area contributed by atoms with Crippen LogP contribution in [0.15, 0.2) is 22.8 Å². The lowest BCUT2D eigenvalue weighted by Crippen LogP contribution is -2.10. The molecule has 0 amide bonds. The van der Waals surface area contributed by atoms with E-state index in [-0.39, 0.29) is 5.69 Å². The number of hydrogen-bond donors (Lipinski definition) is 1. The lowest BCUT2D eigenvalue weighted by Gasteiger charge is -2.05. The first-order chi connectivity index (χ1) is 9.11. The number of carboxylic acid groups (broad SMARTS) is 1. The Balaban J connectivity index is 2.29. The molecule has 6 nitrogen and oxygen atoms in total. The van der Waals surface area contributed by atoms with E-state index in [0.717, 1.165) is 16.6 Å². The zero-order chi connectivity index (χ0) is 13.8. The summed E-state index contributed by atoms with van der Waals surface area (Å²) in [5.41, 5.74) is 1.47. The van der Waals surface area contributed by atoms with Gasteiger partial charge in [-0.25, -0.2) is 9.48 Å². The molecule has 2 aromatic rings. The number of hydrogen-bond acceptors (Lipinski definition) is 4. The van der Waals surface area contributed by atoms with Crippen molar-refractivity contribution in [3.8, 4) is 0 Å². The van der Waals surface area contributed by atoms with Gasteiger partial charge in [-0.1, -0.05) is 18.6 Å². The van der Waals surface area contributed by atoms with Gasteiger partial charge in [0, 0.05) is 10.7 Å². The van der Waals surface area contributed by atoms with E-state index in [1.54, 1.807) is 10.9 Å². The van der Waals surface area contributed by atoms with Gasteiger partial charge in [0.2, 0.25) is 0 Å². The Labute approximate surface area is 118 Å². The monoisotopic (exact) mass is 324 g/mol. The minimum absolute atomic E-state index is 0.0268. The van der Waals surface area contributed by atoms with Crippen molar-refractivity contribution in [3.05, 3.63) is 39.9 Å². The topological polar surface area (TPSA) is 80.9 Å². The van der Waals surface area contributed by atoms with Crippen molar-refractivity contribution >= 4 is 21.9 Å². The Morgan fingerprint density at radius 2 is 2.26 bits per heavy atom. The Hall–Kier alpha value is -1.76. The molecule has 0 spiro atoms. The lowest BCUT2D eigenvalue weighted by molar-refractivity contribution is 0.0689. The minimum Gasteiger partial charge on any atom is -0.476 e. The molecule has 7 heteroatoms. The second-order valence-corrected chi connectivity index (χ2v) is 4.98. The fourth-order valence-electron chi connectivity index (χ4n) is 1.76. The minimum atomic E-state index is -1.04. The van der Waals surface area contributed by atoms with E-state index in [1.807, 2.05) is 19.1 Å². The predicted octanol–water partition coefficient (Wildman–Crippen LogP) is 2.13. The largest absolute Gasteiger partial charge is 0.476 e. The molecule has 0 radical (unpaired) electrons. The molecule has 2 heterocycles. The molecule has 19 heavy (non-hydrogen) atoms. The van der Waals surface area contributed by atoms with Crippen molar-refractivity contribution in [2.24, 2.45) is 0 Å². The third kappa shape index (κ3) is 3.17. The summed E-state index contributed by atoms with van der Waals surface area (Å²) in [5.74, 6) is -1.04. The molecule has 100 valence electrons. The number of aromatic nitrogens is 4. The quantitative estimate of drug-likeness (QED) is 0.911. The van der Waals surface area contributed by atoms with Gasteiger partial charge in [0.1, 0.15) is 0 Å². The molecule has 0 aliphatic heterocycles. The molecule has 0 saturated heterocycles. The molecule has 2 rings (SSSR count). The van der Waals surface area contributed by atoms with Gasteiger partial charge in [0.05, 0.1) is 17.9 Å². The zero-order valence-corrected chi connectivity index (χ0v) is 12.0. The van der Waals surface area contributed by atoms with Gasteiger partial charge < -0.3 is 5.11 Å². The molecule has 0 unspecified atom stereocenters. The van der Waals surface area contributed by atoms with E-state index in [0.29, 0.717) is 18.7 Å². The van der Waals surface area contributed by atoms with E-state index in [9.17, 15) is 4.79 Å². The molecule has 1 N–H and O–H groups in total. The number of pyridine rings is 1. The van der Waals surface area contributed by atoms with Crippen molar-refractivity contribution in [1.29, 1.82) is 0 Å². The average molecular weight is 325 g/mol. The molecule has 0 aliphatic rings. The smallest absolute Gasteiger partial charge is 0.358 e. The van der Waals surface area contributed by atoms with Crippen LogP contribution in [-0.4, -0.2) is 31.1 Å². The highest BCUT2D eigenvalue weighted by molar-refractivity contribution is 9.10. The van der Waals surface area contributed by atoms with Crippen LogP contribution in [0.2, 0.25) is 0 Å². The second-order valence-electron chi connectivity index (χ2n) is 4.07. The first-order valence-corrected chi connectivity index (χ1v) is 6.67. The summed E-state index contributed by atoms with van der Waals surface area (Å²) in [4.78, 5) is 15.3. The summed E-state index contributed by atoms with van der Waals surface area (Å²) in [5, 5.41) is 16.7. The Kier molecular flexibility index (Phi) is 4.26. The number of rotatable bonds is 5. The molecular weight excluding hydrogens is 312 g/mol. The molecule has 0 fully saturated rings. The van der Waals surface area contributed by atoms with E-state index in [2.05, 4.69) is 31.2 Å². The van der Waals surface area contributed by atoms with Crippen LogP contribution in [0, 0.1) is 0 Å². The highest BCUT2D eigenvalue weighted by Crippen LogP contribution is 2.12. The van der Waals surface area contributed by atoms with Crippen molar-refractivity contribution in [1.82, 2.24) is 20.0 Å². The van der Waals surface area contributed by atoms with Crippen LogP contribution in [0.3, 0.4) is 0 Å². The van der Waals surface area contributed by atoms with Gasteiger partial charge in [0.25, 0.3) is 0 Å². The van der Waals surface area contributed by atoms with Crippen LogP contribution in [-0.2, 0) is 13.0 Å². The highest BCUT2D eigenvalue weighted by atomic mass is 79.9. The number of carbonyl (C=O) groups is 1. The zero-order valence-electron chi connectivity index (χ0n) is 10.4. The Bertz CT molecular complexity index is 580. The van der Waals surface area contributed by atoms with Gasteiger partial charge in [-0.05, 0) is 34.5 Å². The van der Waals surface area contributed by atoms with Crippen LogP contribution in [0.1, 0.15) is 35.2 Å². The highest BCUT2D eigenvalue weighted by Gasteiger charge is 2.18. The summed E-state index contributed by atoms with van der Waals surface area (Å²) in [6, 6.07) is 3.75. The van der Waals surface area contributed by atoms with Crippen molar-refractivity contribution in [2.45, 2.75) is 26.3 Å². The first kappa shape index (κ1) is 13.7. The predicted molar refractivity (Wildman–Crippen MR) is 72.0 cm³/mol. The maximum atomic E-state index is 11.1. The van der Waals surface area contributed by atoms with Gasteiger partial charge in [0.15, 0.2) is 5.69 Å². The normalized spacial score (nSPS) is 10.6. The van der Waals surface area contributed by atoms with E-state index < -0.39 is 5.97 Å². The third-order valence-corrected chi connectivity index (χ3v) is 3.10. The first-order valence-electron chi connectivity index (χ1n) is 5.88. The molecule has 0 bridgehead atoms. The summed E-state index contributed by atoms with van der Waals surface area (Å²) in [7, 11) is 0. The third-order valence-electron chi connectivity index (χ3n) is 2.63. The van der Waals surface area contributed by atoms with Crippen LogP contribution in [0.5, 0.6) is 0 Å². The van der Waals surface area contributed by atoms with Crippen molar-refractivity contribution in [2.75, 3.05) is 0 Å². The summed E-state index contributed by atoms with van der Waals surface area (Å²) < 4.78 is 2.50. The standard InChI is InChI=1S/C12H13BrN4O2/c1-2-3-10-11(12(18)19)15-16-17(10)7-9-5-4-8(13)6-14-9/h4-6H,2-3,7H2,1H3,(H,18,19). The van der Waals surface area contributed by atoms with Crippen LogP contribution in [0.4, 0.5) is 0 Å². The molecule has 2 aromatic heterocycles. The molecule has 0 saturated carbocycles. The summed E-state index contributed by atoms with van der Waals surface area (Å²) in [6.07, 6.45) is 3.16. The fourth-order valence-corrected chi connectivity index (χ4v) is 2.00. The Morgan fingerprint density at radius 1 is 1.47 bits per heavy atom. The molecular formula is C12H13BrN4O2. The molecule has 0 aromatic carbocycles. The summed E-state index contributed by atoms with van der Waals surface area (Å²) in [6.45, 7) is 2.41. The lowest BCUT2D eigenvalue weighted by atomic mass is 10.2. The number of nitrogens with zero attached hydrogens (tertiary/aromatic N) is 4. The van der Waals surface area contributed by atoms with Gasteiger partial charge in [-0.2, -0.15) is 0 Å². The SMILES string of the molecule is CCCc1c(C(=O)O)nnn1Cc1ccc(Br)cn1. The van der Waals surface area contributed by atoms with Crippen molar-refractivity contribution in [3.63, 3.8) is 0 Å².